The summed E-state index contributed by atoms with van der Waals surface area (Å²) in [6.45, 7) is 5.05. The number of nitrogens with two attached hydrogens (primary N) is 1. The molecule has 116 valence electrons. The fraction of sp³-hybridized carbons (Fsp3) is 0.462. The first-order valence-corrected chi connectivity index (χ1v) is 6.69. The first-order valence-electron chi connectivity index (χ1n) is 6.69. The number of carbonyl (C=O) groups excluding carboxylic acids is 1. The van der Waals surface area contributed by atoms with E-state index in [1.165, 1.54) is 12.1 Å². The van der Waals surface area contributed by atoms with Gasteiger partial charge < -0.3 is 16.1 Å². The van der Waals surface area contributed by atoms with Gasteiger partial charge in [0, 0.05) is 37.3 Å². The fourth-order valence-electron chi connectivity index (χ4n) is 1.63. The maximum absolute atomic E-state index is 11.5. The average Bonchev–Trinajstić information content (AvgIpc) is 2.44. The van der Waals surface area contributed by atoms with Crippen LogP contribution in [0.5, 0.6) is 0 Å². The third-order valence-electron chi connectivity index (χ3n) is 2.68. The molecule has 5 N–H and O–H groups in total. The summed E-state index contributed by atoms with van der Waals surface area (Å²) < 4.78 is 0. The third-order valence-corrected chi connectivity index (χ3v) is 2.68. The zero-order valence-electron chi connectivity index (χ0n) is 12.2. The number of nitro benzene ring substituents is 1. The molecular formula is C13H21N5O3. The third kappa shape index (κ3) is 6.09. The fourth-order valence-corrected chi connectivity index (χ4v) is 1.63. The number of nitrogens with zero attached hydrogens (tertiary/aromatic N) is 1. The second-order valence-electron chi connectivity index (χ2n) is 5.04. The van der Waals surface area contributed by atoms with Gasteiger partial charge in [-0.2, -0.15) is 0 Å². The van der Waals surface area contributed by atoms with E-state index >= 15 is 0 Å². The summed E-state index contributed by atoms with van der Waals surface area (Å²) >= 11 is 0. The van der Waals surface area contributed by atoms with Crippen LogP contribution < -0.4 is 21.9 Å². The summed E-state index contributed by atoms with van der Waals surface area (Å²) in [5, 5.41) is 16.6. The van der Waals surface area contributed by atoms with Gasteiger partial charge in [0.2, 0.25) is 5.91 Å². The van der Waals surface area contributed by atoms with Crippen molar-refractivity contribution in [2.24, 2.45) is 11.8 Å². The molecule has 0 aromatic heterocycles. The highest BCUT2D eigenvalue weighted by molar-refractivity contribution is 5.76. The second kappa shape index (κ2) is 8.05. The minimum absolute atomic E-state index is 0.0567. The van der Waals surface area contributed by atoms with Crippen molar-refractivity contribution >= 4 is 23.0 Å². The molecule has 21 heavy (non-hydrogen) atoms. The van der Waals surface area contributed by atoms with Crippen LogP contribution in [0.3, 0.4) is 0 Å². The van der Waals surface area contributed by atoms with Crippen LogP contribution in [0.25, 0.3) is 0 Å². The van der Waals surface area contributed by atoms with E-state index in [2.05, 4.69) is 16.1 Å². The largest absolute Gasteiger partial charge is 0.384 e. The Hall–Kier alpha value is -2.35. The molecule has 0 saturated carbocycles. The van der Waals surface area contributed by atoms with Crippen LogP contribution in [-0.4, -0.2) is 23.9 Å². The lowest BCUT2D eigenvalue weighted by Crippen LogP contribution is -2.28. The van der Waals surface area contributed by atoms with E-state index in [4.69, 9.17) is 5.84 Å². The van der Waals surface area contributed by atoms with E-state index in [-0.39, 0.29) is 11.6 Å². The smallest absolute Gasteiger partial charge is 0.273 e. The quantitative estimate of drug-likeness (QED) is 0.327. The molecule has 1 rings (SSSR count). The van der Waals surface area contributed by atoms with Gasteiger partial charge in [0.25, 0.3) is 5.69 Å². The van der Waals surface area contributed by atoms with Crippen LogP contribution in [0, 0.1) is 16.0 Å². The molecule has 8 nitrogen and oxygen atoms in total. The molecule has 0 fully saturated rings. The predicted molar refractivity (Wildman–Crippen MR) is 81.9 cm³/mol. The Bertz CT molecular complexity index is 505. The number of non-ortho nitro benzene ring substituents is 1. The molecule has 0 aliphatic rings. The topological polar surface area (TPSA) is 122 Å². The van der Waals surface area contributed by atoms with Gasteiger partial charge in [0.15, 0.2) is 0 Å². The van der Waals surface area contributed by atoms with E-state index in [1.807, 2.05) is 13.8 Å². The molecule has 1 amide bonds. The van der Waals surface area contributed by atoms with Crippen molar-refractivity contribution in [3.63, 3.8) is 0 Å². The Morgan fingerprint density at radius 1 is 1.33 bits per heavy atom. The van der Waals surface area contributed by atoms with Crippen molar-refractivity contribution in [1.82, 2.24) is 5.32 Å². The summed E-state index contributed by atoms with van der Waals surface area (Å²) in [5.74, 6) is 5.61. The molecule has 0 aliphatic carbocycles. The average molecular weight is 295 g/mol. The first kappa shape index (κ1) is 16.7. The number of nitrogens with one attached hydrogen (secondary N) is 3. The molecule has 0 heterocycles. The normalized spacial score (nSPS) is 10.3. The Kier molecular flexibility index (Phi) is 6.41. The van der Waals surface area contributed by atoms with Crippen molar-refractivity contribution in [3.05, 3.63) is 28.3 Å². The maximum atomic E-state index is 11.5. The highest BCUT2D eigenvalue weighted by Gasteiger charge is 2.09. The van der Waals surface area contributed by atoms with Crippen molar-refractivity contribution in [2.75, 3.05) is 23.8 Å². The molecule has 0 unspecified atom stereocenters. The number of nitro groups is 1. The van der Waals surface area contributed by atoms with Gasteiger partial charge >= 0.3 is 0 Å². The standard InChI is InChI=1S/C13H21N5O3/c1-9(2)8-16-13(19)3-4-15-10-5-11(17-14)7-12(6-10)18(20)21/h5-7,9,15,17H,3-4,8,14H2,1-2H3,(H,16,19). The Balaban J connectivity index is 2.53. The number of benzene rings is 1. The Morgan fingerprint density at radius 2 is 2.00 bits per heavy atom. The number of hydrogen-bond acceptors (Lipinski definition) is 6. The van der Waals surface area contributed by atoms with E-state index in [9.17, 15) is 14.9 Å². The maximum Gasteiger partial charge on any atom is 0.273 e. The van der Waals surface area contributed by atoms with Crippen LogP contribution in [0.2, 0.25) is 0 Å². The highest BCUT2D eigenvalue weighted by Crippen LogP contribution is 2.23. The molecule has 1 aromatic rings. The van der Waals surface area contributed by atoms with E-state index in [0.29, 0.717) is 36.8 Å². The van der Waals surface area contributed by atoms with Crippen molar-refractivity contribution in [3.8, 4) is 0 Å². The number of rotatable bonds is 8. The second-order valence-corrected chi connectivity index (χ2v) is 5.04. The lowest BCUT2D eigenvalue weighted by atomic mass is 10.2. The number of amides is 1. The summed E-state index contributed by atoms with van der Waals surface area (Å²) in [6, 6.07) is 4.37. The molecule has 0 saturated heterocycles. The van der Waals surface area contributed by atoms with Gasteiger partial charge in [-0.1, -0.05) is 13.8 Å². The van der Waals surface area contributed by atoms with Gasteiger partial charge in [-0.15, -0.1) is 0 Å². The summed E-state index contributed by atoms with van der Waals surface area (Å²) in [6.07, 6.45) is 0.292. The summed E-state index contributed by atoms with van der Waals surface area (Å²) in [4.78, 5) is 21.8. The number of hydrogen-bond donors (Lipinski definition) is 4. The zero-order valence-corrected chi connectivity index (χ0v) is 12.2. The summed E-state index contributed by atoms with van der Waals surface area (Å²) in [5.41, 5.74) is 3.26. The monoisotopic (exact) mass is 295 g/mol. The number of carbonyl (C=O) groups is 1. The van der Waals surface area contributed by atoms with Crippen LogP contribution in [0.1, 0.15) is 20.3 Å². The van der Waals surface area contributed by atoms with Gasteiger partial charge in [0.05, 0.1) is 10.6 Å². The highest BCUT2D eigenvalue weighted by atomic mass is 16.6. The van der Waals surface area contributed by atoms with Crippen LogP contribution >= 0.6 is 0 Å². The van der Waals surface area contributed by atoms with Crippen LogP contribution in [-0.2, 0) is 4.79 Å². The summed E-state index contributed by atoms with van der Waals surface area (Å²) in [7, 11) is 0. The Labute approximate surface area is 123 Å². The van der Waals surface area contributed by atoms with Gasteiger partial charge in [0.1, 0.15) is 0 Å². The van der Waals surface area contributed by atoms with Crippen LogP contribution in [0.4, 0.5) is 17.1 Å². The van der Waals surface area contributed by atoms with Gasteiger partial charge in [-0.3, -0.25) is 20.8 Å². The van der Waals surface area contributed by atoms with E-state index in [0.717, 1.165) is 0 Å². The molecule has 0 spiro atoms. The molecule has 8 heteroatoms. The zero-order chi connectivity index (χ0) is 15.8. The Morgan fingerprint density at radius 3 is 2.57 bits per heavy atom. The lowest BCUT2D eigenvalue weighted by Gasteiger charge is -2.10. The molecule has 0 atom stereocenters. The molecule has 0 aliphatic heterocycles. The molecular weight excluding hydrogens is 274 g/mol. The van der Waals surface area contributed by atoms with Crippen molar-refractivity contribution in [2.45, 2.75) is 20.3 Å². The lowest BCUT2D eigenvalue weighted by molar-refractivity contribution is -0.384. The van der Waals surface area contributed by atoms with Crippen molar-refractivity contribution < 1.29 is 9.72 Å². The molecule has 0 radical (unpaired) electrons. The number of nitrogen functional groups attached to an aromatic ring is 1. The number of anilines is 2. The van der Waals surface area contributed by atoms with E-state index in [1.54, 1.807) is 6.07 Å². The first-order chi connectivity index (χ1) is 9.92. The molecule has 0 bridgehead atoms. The van der Waals surface area contributed by atoms with Gasteiger partial charge in [-0.05, 0) is 12.0 Å². The molecule has 1 aromatic carbocycles. The predicted octanol–water partition coefficient (Wildman–Crippen LogP) is 1.45. The SMILES string of the molecule is CC(C)CNC(=O)CCNc1cc(NN)cc([N+](=O)[O-])c1. The minimum atomic E-state index is -0.499. The van der Waals surface area contributed by atoms with E-state index < -0.39 is 4.92 Å². The van der Waals surface area contributed by atoms with Crippen LogP contribution in [0.15, 0.2) is 18.2 Å². The number of hydrazine groups is 1. The van der Waals surface area contributed by atoms with Crippen molar-refractivity contribution in [1.29, 1.82) is 0 Å². The minimum Gasteiger partial charge on any atom is -0.384 e. The van der Waals surface area contributed by atoms with Gasteiger partial charge in [-0.25, -0.2) is 0 Å².